The smallest absolute Gasteiger partial charge is 0.270 e. The highest BCUT2D eigenvalue weighted by atomic mass is 16.6. The molecule has 0 aliphatic rings. The lowest BCUT2D eigenvalue weighted by Gasteiger charge is -2.28. The van der Waals surface area contributed by atoms with Crippen molar-refractivity contribution in [3.05, 3.63) is 91.0 Å². The van der Waals surface area contributed by atoms with Gasteiger partial charge in [0.15, 0.2) is 5.78 Å². The Morgan fingerprint density at radius 2 is 1.06 bits per heavy atom. The minimum Gasteiger partial charge on any atom is -0.289 e. The fourth-order valence-electron chi connectivity index (χ4n) is 3.18. The van der Waals surface area contributed by atoms with E-state index in [1.165, 1.54) is 24.3 Å². The molecule has 32 heavy (non-hydrogen) atoms. The molecular formula is C25H28N2O5. The summed E-state index contributed by atoms with van der Waals surface area (Å²) in [5.74, 6) is -0.206. The van der Waals surface area contributed by atoms with E-state index < -0.39 is 20.7 Å². The molecule has 0 unspecified atom stereocenters. The number of hydrogen-bond donors (Lipinski definition) is 0. The number of nitro benzene ring substituents is 2. The Bertz CT molecular complexity index is 1030. The van der Waals surface area contributed by atoms with Gasteiger partial charge in [0.1, 0.15) is 0 Å². The quantitative estimate of drug-likeness (QED) is 0.287. The van der Waals surface area contributed by atoms with Crippen LogP contribution in [0.2, 0.25) is 0 Å². The molecule has 2 rings (SSSR count). The fourth-order valence-corrected chi connectivity index (χ4v) is 3.18. The lowest BCUT2D eigenvalue weighted by molar-refractivity contribution is -0.385. The molecule has 0 aromatic heterocycles. The van der Waals surface area contributed by atoms with Crippen molar-refractivity contribution in [3.63, 3.8) is 0 Å². The molecule has 168 valence electrons. The van der Waals surface area contributed by atoms with Crippen LogP contribution in [0.4, 0.5) is 11.4 Å². The number of benzene rings is 2. The molecule has 0 saturated heterocycles. The zero-order chi connectivity index (χ0) is 24.3. The third kappa shape index (κ3) is 6.20. The highest BCUT2D eigenvalue weighted by Gasteiger charge is 2.31. The van der Waals surface area contributed by atoms with Gasteiger partial charge in [-0.25, -0.2) is 0 Å². The topological polar surface area (TPSA) is 103 Å². The molecular weight excluding hydrogens is 408 g/mol. The van der Waals surface area contributed by atoms with Crippen molar-refractivity contribution < 1.29 is 14.6 Å². The van der Waals surface area contributed by atoms with Gasteiger partial charge >= 0.3 is 0 Å². The van der Waals surface area contributed by atoms with Crippen LogP contribution in [-0.2, 0) is 4.79 Å². The molecule has 2 aromatic rings. The van der Waals surface area contributed by atoms with Crippen molar-refractivity contribution in [3.8, 4) is 0 Å². The summed E-state index contributed by atoms with van der Waals surface area (Å²) < 4.78 is 0. The molecule has 0 atom stereocenters. The van der Waals surface area contributed by atoms with Crippen molar-refractivity contribution in [2.45, 2.75) is 41.5 Å². The van der Waals surface area contributed by atoms with Gasteiger partial charge in [-0.05, 0) is 34.1 Å². The molecule has 0 spiro atoms. The fraction of sp³-hybridized carbons (Fsp3) is 0.320. The van der Waals surface area contributed by atoms with E-state index in [0.29, 0.717) is 22.3 Å². The molecule has 7 nitrogen and oxygen atoms in total. The van der Waals surface area contributed by atoms with Crippen molar-refractivity contribution in [1.82, 2.24) is 0 Å². The molecule has 0 amide bonds. The van der Waals surface area contributed by atoms with E-state index in [0.717, 1.165) is 0 Å². The third-order valence-electron chi connectivity index (χ3n) is 4.89. The maximum absolute atomic E-state index is 13.8. The van der Waals surface area contributed by atoms with Crippen molar-refractivity contribution in [2.24, 2.45) is 10.8 Å². The van der Waals surface area contributed by atoms with Crippen LogP contribution in [0.1, 0.15) is 52.7 Å². The number of carbonyl (C=O) groups is 1. The molecule has 0 heterocycles. The van der Waals surface area contributed by atoms with Crippen LogP contribution in [0.5, 0.6) is 0 Å². The average molecular weight is 437 g/mol. The standard InChI is InChI=1S/C25H28N2O5/c1-24(2,3)21(15-17-9-7-11-19(13-17)26(29)30)23(28)22(25(4,5)6)16-18-10-8-12-20(14-18)27(31)32/h7-16H,1-6H3. The van der Waals surface area contributed by atoms with Gasteiger partial charge in [0.2, 0.25) is 0 Å². The van der Waals surface area contributed by atoms with Crippen LogP contribution in [-0.4, -0.2) is 15.6 Å². The van der Waals surface area contributed by atoms with Crippen molar-refractivity contribution >= 4 is 29.3 Å². The maximum atomic E-state index is 13.8. The first-order valence-electron chi connectivity index (χ1n) is 10.2. The van der Waals surface area contributed by atoms with Gasteiger partial charge in [0.25, 0.3) is 11.4 Å². The average Bonchev–Trinajstić information content (AvgIpc) is 2.68. The Morgan fingerprint density at radius 1 is 0.719 bits per heavy atom. The summed E-state index contributed by atoms with van der Waals surface area (Å²) in [7, 11) is 0. The van der Waals surface area contributed by atoms with Gasteiger partial charge in [0, 0.05) is 35.4 Å². The van der Waals surface area contributed by atoms with Gasteiger partial charge in [-0.1, -0.05) is 65.8 Å². The molecule has 0 fully saturated rings. The van der Waals surface area contributed by atoms with E-state index in [-0.39, 0.29) is 17.2 Å². The Labute approximate surface area is 187 Å². The Hall–Kier alpha value is -3.61. The van der Waals surface area contributed by atoms with Crippen molar-refractivity contribution in [2.75, 3.05) is 0 Å². The van der Waals surface area contributed by atoms with Crippen LogP contribution >= 0.6 is 0 Å². The van der Waals surface area contributed by atoms with Crippen LogP contribution in [0.25, 0.3) is 12.2 Å². The first-order chi connectivity index (χ1) is 14.7. The van der Waals surface area contributed by atoms with Gasteiger partial charge in [-0.15, -0.1) is 0 Å². The SMILES string of the molecule is CC(C)(C)C(=Cc1cccc([N+](=O)[O-])c1)C(=O)C(=Cc1cccc([N+](=O)[O-])c1)C(C)(C)C. The summed E-state index contributed by atoms with van der Waals surface area (Å²) in [6.07, 6.45) is 3.37. The first kappa shape index (κ1) is 24.7. The number of rotatable bonds is 6. The second-order valence-corrected chi connectivity index (χ2v) is 9.65. The zero-order valence-electron chi connectivity index (χ0n) is 19.2. The number of nitro groups is 2. The van der Waals surface area contributed by atoms with Gasteiger partial charge < -0.3 is 0 Å². The molecule has 7 heteroatoms. The number of ketones is 1. The number of hydrogen-bond acceptors (Lipinski definition) is 5. The first-order valence-corrected chi connectivity index (χ1v) is 10.2. The number of Topliss-reactive ketones (excluding diaryl/α,β-unsaturated/α-hetero) is 1. The summed E-state index contributed by atoms with van der Waals surface area (Å²) in [4.78, 5) is 35.1. The lowest BCUT2D eigenvalue weighted by Crippen LogP contribution is -2.25. The second-order valence-electron chi connectivity index (χ2n) is 9.65. The highest BCUT2D eigenvalue weighted by Crippen LogP contribution is 2.37. The van der Waals surface area contributed by atoms with Gasteiger partial charge in [-0.2, -0.15) is 0 Å². The summed E-state index contributed by atoms with van der Waals surface area (Å²) in [6.45, 7) is 11.4. The summed E-state index contributed by atoms with van der Waals surface area (Å²) in [5, 5.41) is 22.3. The second kappa shape index (κ2) is 9.26. The van der Waals surface area contributed by atoms with E-state index in [1.54, 1.807) is 36.4 Å². The molecule has 0 aliphatic heterocycles. The van der Waals surface area contributed by atoms with Crippen LogP contribution < -0.4 is 0 Å². The summed E-state index contributed by atoms with van der Waals surface area (Å²) >= 11 is 0. The lowest BCUT2D eigenvalue weighted by atomic mass is 9.74. The number of allylic oxidation sites excluding steroid dienone is 2. The maximum Gasteiger partial charge on any atom is 0.270 e. The largest absolute Gasteiger partial charge is 0.289 e. The van der Waals surface area contributed by atoms with Gasteiger partial charge in [-0.3, -0.25) is 25.0 Å². The molecule has 0 bridgehead atoms. The van der Waals surface area contributed by atoms with Crippen LogP contribution in [0, 0.1) is 31.1 Å². The summed E-state index contributed by atoms with van der Waals surface area (Å²) in [5.41, 5.74) is 0.894. The predicted molar refractivity (Wildman–Crippen MR) is 126 cm³/mol. The molecule has 0 aliphatic carbocycles. The van der Waals surface area contributed by atoms with Crippen LogP contribution in [0.3, 0.4) is 0 Å². The zero-order valence-corrected chi connectivity index (χ0v) is 19.2. The minimum absolute atomic E-state index is 0.0531. The van der Waals surface area contributed by atoms with E-state index in [2.05, 4.69) is 0 Å². The Kier molecular flexibility index (Phi) is 7.13. The normalized spacial score (nSPS) is 13.1. The molecule has 0 N–H and O–H groups in total. The number of nitrogens with zero attached hydrogens (tertiary/aromatic N) is 2. The number of carbonyl (C=O) groups excluding carboxylic acids is 1. The highest BCUT2D eigenvalue weighted by molar-refractivity contribution is 6.14. The van der Waals surface area contributed by atoms with E-state index in [1.807, 2.05) is 41.5 Å². The molecule has 0 saturated carbocycles. The predicted octanol–water partition coefficient (Wildman–Crippen LogP) is 6.63. The monoisotopic (exact) mass is 436 g/mol. The minimum atomic E-state index is -0.547. The van der Waals surface area contributed by atoms with Gasteiger partial charge in [0.05, 0.1) is 9.85 Å². The third-order valence-corrected chi connectivity index (χ3v) is 4.89. The number of non-ortho nitro benzene ring substituents is 2. The summed E-state index contributed by atoms with van der Waals surface area (Å²) in [6, 6.07) is 12.3. The van der Waals surface area contributed by atoms with E-state index in [4.69, 9.17) is 0 Å². The Morgan fingerprint density at radius 3 is 1.34 bits per heavy atom. The Balaban J connectivity index is 2.65. The van der Waals surface area contributed by atoms with E-state index in [9.17, 15) is 25.0 Å². The molecule has 0 radical (unpaired) electrons. The van der Waals surface area contributed by atoms with Crippen molar-refractivity contribution in [1.29, 1.82) is 0 Å². The van der Waals surface area contributed by atoms with Crippen LogP contribution in [0.15, 0.2) is 59.7 Å². The molecule has 2 aromatic carbocycles. The van der Waals surface area contributed by atoms with E-state index >= 15 is 0 Å².